The average molecular weight is 219 g/mol. The van der Waals surface area contributed by atoms with Crippen LogP contribution in [0.25, 0.3) is 0 Å². The number of rotatable bonds is 2. The van der Waals surface area contributed by atoms with Crippen LogP contribution in [-0.4, -0.2) is 50.0 Å². The molecule has 1 heterocycles. The Hall–Kier alpha value is -0.850. The molecule has 1 amide bonds. The van der Waals surface area contributed by atoms with Crippen LogP contribution in [0.1, 0.15) is 13.3 Å². The van der Waals surface area contributed by atoms with E-state index in [9.17, 15) is 9.90 Å². The molecule has 1 aliphatic rings. The minimum absolute atomic E-state index is 0.383. The van der Waals surface area contributed by atoms with Gasteiger partial charge in [-0.25, -0.2) is 4.79 Å². The van der Waals surface area contributed by atoms with E-state index in [-0.39, 0.29) is 6.10 Å². The molecule has 0 aromatic rings. The highest BCUT2D eigenvalue weighted by Gasteiger charge is 2.36. The molecule has 0 spiro atoms. The maximum absolute atomic E-state index is 11.0. The van der Waals surface area contributed by atoms with Gasteiger partial charge in [0.15, 0.2) is 6.29 Å². The first-order valence-electron chi connectivity index (χ1n) is 4.79. The van der Waals surface area contributed by atoms with E-state index >= 15 is 0 Å². The van der Waals surface area contributed by atoms with Crippen LogP contribution in [0.15, 0.2) is 0 Å². The van der Waals surface area contributed by atoms with Crippen LogP contribution in [0.4, 0.5) is 4.79 Å². The third-order valence-corrected chi connectivity index (χ3v) is 2.46. The summed E-state index contributed by atoms with van der Waals surface area (Å²) in [5.74, 6) is 0. The molecule has 4 atom stereocenters. The number of methoxy groups -OCH3 is 2. The quantitative estimate of drug-likeness (QED) is 0.675. The molecule has 0 aromatic carbocycles. The number of hydrogen-bond donors (Lipinski definition) is 2. The van der Waals surface area contributed by atoms with E-state index in [0.29, 0.717) is 6.42 Å². The SMILES string of the molecule is COC(=O)NC1CC(OC)O[C@@H](C)C1O. The third kappa shape index (κ3) is 3.05. The highest BCUT2D eigenvalue weighted by molar-refractivity contribution is 5.67. The van der Waals surface area contributed by atoms with Gasteiger partial charge in [0.1, 0.15) is 6.10 Å². The summed E-state index contributed by atoms with van der Waals surface area (Å²) in [7, 11) is 2.79. The standard InChI is InChI=1S/C9H17NO5/c1-5-8(11)6(10-9(12)14-3)4-7(13-2)15-5/h5-8,11H,4H2,1-3H3,(H,10,12)/t5-,6?,7?,8?/m0/s1. The Labute approximate surface area is 88.5 Å². The number of amides is 1. The summed E-state index contributed by atoms with van der Waals surface area (Å²) >= 11 is 0. The molecule has 0 aromatic heterocycles. The summed E-state index contributed by atoms with van der Waals surface area (Å²) in [5, 5.41) is 12.3. The normalized spacial score (nSPS) is 36.0. The molecule has 1 rings (SSSR count). The predicted molar refractivity (Wildman–Crippen MR) is 51.3 cm³/mol. The maximum Gasteiger partial charge on any atom is 0.407 e. The van der Waals surface area contributed by atoms with Crippen LogP contribution in [0.5, 0.6) is 0 Å². The highest BCUT2D eigenvalue weighted by atomic mass is 16.7. The average Bonchev–Trinajstić information content (AvgIpc) is 2.24. The van der Waals surface area contributed by atoms with Crippen LogP contribution in [0, 0.1) is 0 Å². The summed E-state index contributed by atoms with van der Waals surface area (Å²) in [6.45, 7) is 1.72. The van der Waals surface area contributed by atoms with Gasteiger partial charge in [0.2, 0.25) is 0 Å². The summed E-state index contributed by atoms with van der Waals surface area (Å²) < 4.78 is 14.8. The molecule has 0 bridgehead atoms. The fraction of sp³-hybridized carbons (Fsp3) is 0.889. The van der Waals surface area contributed by atoms with Gasteiger partial charge >= 0.3 is 6.09 Å². The zero-order valence-electron chi connectivity index (χ0n) is 9.10. The molecule has 0 radical (unpaired) electrons. The number of ether oxygens (including phenoxy) is 3. The van der Waals surface area contributed by atoms with E-state index in [2.05, 4.69) is 10.1 Å². The molecule has 6 nitrogen and oxygen atoms in total. The molecule has 0 aliphatic carbocycles. The van der Waals surface area contributed by atoms with Crippen molar-refractivity contribution in [3.05, 3.63) is 0 Å². The van der Waals surface area contributed by atoms with Gasteiger partial charge in [-0.15, -0.1) is 0 Å². The zero-order valence-corrected chi connectivity index (χ0v) is 9.10. The molecule has 1 aliphatic heterocycles. The number of carbonyl (C=O) groups excluding carboxylic acids is 1. The van der Waals surface area contributed by atoms with Gasteiger partial charge in [0, 0.05) is 13.5 Å². The van der Waals surface area contributed by atoms with Gasteiger partial charge in [0.25, 0.3) is 0 Å². The number of carbonyl (C=O) groups is 1. The van der Waals surface area contributed by atoms with Gasteiger partial charge in [-0.05, 0) is 6.92 Å². The molecule has 1 saturated heterocycles. The molecule has 2 N–H and O–H groups in total. The Morgan fingerprint density at radius 3 is 2.73 bits per heavy atom. The molecule has 3 unspecified atom stereocenters. The summed E-state index contributed by atoms with van der Waals surface area (Å²) in [6, 6.07) is -0.411. The minimum atomic E-state index is -0.754. The van der Waals surface area contributed by atoms with Crippen molar-refractivity contribution in [3.63, 3.8) is 0 Å². The molecular weight excluding hydrogens is 202 g/mol. The monoisotopic (exact) mass is 219 g/mol. The lowest BCUT2D eigenvalue weighted by Gasteiger charge is -2.37. The summed E-state index contributed by atoms with van der Waals surface area (Å²) in [4.78, 5) is 11.0. The Balaban J connectivity index is 2.56. The summed E-state index contributed by atoms with van der Waals surface area (Å²) in [6.07, 6.45) is -1.72. The molecule has 15 heavy (non-hydrogen) atoms. The predicted octanol–water partition coefficient (Wildman–Crippen LogP) is -0.147. The lowest BCUT2D eigenvalue weighted by atomic mass is 10.00. The number of nitrogens with one attached hydrogen (secondary N) is 1. The number of aliphatic hydroxyl groups excluding tert-OH is 1. The number of aliphatic hydroxyl groups is 1. The molecule has 88 valence electrons. The first kappa shape index (κ1) is 12.2. The molecule has 6 heteroatoms. The Kier molecular flexibility index (Phi) is 4.31. The first-order valence-corrected chi connectivity index (χ1v) is 4.79. The van der Waals surface area contributed by atoms with Crippen molar-refractivity contribution >= 4 is 6.09 Å². The van der Waals surface area contributed by atoms with Crippen LogP contribution in [-0.2, 0) is 14.2 Å². The van der Waals surface area contributed by atoms with Gasteiger partial charge in [-0.2, -0.15) is 0 Å². The fourth-order valence-corrected chi connectivity index (χ4v) is 1.56. The second-order valence-electron chi connectivity index (χ2n) is 3.48. The second-order valence-corrected chi connectivity index (χ2v) is 3.48. The Morgan fingerprint density at radius 1 is 1.53 bits per heavy atom. The highest BCUT2D eigenvalue weighted by Crippen LogP contribution is 2.20. The Morgan fingerprint density at radius 2 is 2.20 bits per heavy atom. The third-order valence-electron chi connectivity index (χ3n) is 2.46. The van der Waals surface area contributed by atoms with Gasteiger partial charge in [-0.3, -0.25) is 0 Å². The van der Waals surface area contributed by atoms with Gasteiger partial charge in [0.05, 0.1) is 19.3 Å². The molecular formula is C9H17NO5. The van der Waals surface area contributed by atoms with E-state index in [1.54, 1.807) is 6.92 Å². The smallest absolute Gasteiger partial charge is 0.407 e. The topological polar surface area (TPSA) is 77.0 Å². The fourth-order valence-electron chi connectivity index (χ4n) is 1.56. The zero-order chi connectivity index (χ0) is 11.4. The van der Waals surface area contributed by atoms with Crippen LogP contribution < -0.4 is 5.32 Å². The molecule has 0 saturated carbocycles. The van der Waals surface area contributed by atoms with Crippen molar-refractivity contribution in [3.8, 4) is 0 Å². The van der Waals surface area contributed by atoms with Crippen molar-refractivity contribution in [1.82, 2.24) is 5.32 Å². The molecule has 1 fully saturated rings. The van der Waals surface area contributed by atoms with E-state index in [1.165, 1.54) is 14.2 Å². The van der Waals surface area contributed by atoms with Crippen LogP contribution in [0.2, 0.25) is 0 Å². The van der Waals surface area contributed by atoms with Crippen LogP contribution >= 0.6 is 0 Å². The number of hydrogen-bond acceptors (Lipinski definition) is 5. The first-order chi connectivity index (χ1) is 7.08. The van der Waals surface area contributed by atoms with Crippen molar-refractivity contribution in [2.75, 3.05) is 14.2 Å². The van der Waals surface area contributed by atoms with Crippen LogP contribution in [0.3, 0.4) is 0 Å². The van der Waals surface area contributed by atoms with Crippen molar-refractivity contribution in [2.24, 2.45) is 0 Å². The van der Waals surface area contributed by atoms with Crippen molar-refractivity contribution in [1.29, 1.82) is 0 Å². The Bertz CT molecular complexity index is 223. The lowest BCUT2D eigenvalue weighted by molar-refractivity contribution is -0.214. The minimum Gasteiger partial charge on any atom is -0.453 e. The van der Waals surface area contributed by atoms with E-state index < -0.39 is 24.5 Å². The maximum atomic E-state index is 11.0. The van der Waals surface area contributed by atoms with Gasteiger partial charge < -0.3 is 24.6 Å². The van der Waals surface area contributed by atoms with Gasteiger partial charge in [-0.1, -0.05) is 0 Å². The van der Waals surface area contributed by atoms with Crippen molar-refractivity contribution < 1.29 is 24.1 Å². The van der Waals surface area contributed by atoms with Crippen molar-refractivity contribution in [2.45, 2.75) is 37.9 Å². The van der Waals surface area contributed by atoms with E-state index in [1.807, 2.05) is 0 Å². The summed E-state index contributed by atoms with van der Waals surface area (Å²) in [5.41, 5.74) is 0. The largest absolute Gasteiger partial charge is 0.453 e. The van der Waals surface area contributed by atoms with E-state index in [4.69, 9.17) is 9.47 Å². The number of alkyl carbamates (subject to hydrolysis) is 1. The second kappa shape index (κ2) is 5.29. The van der Waals surface area contributed by atoms with E-state index in [0.717, 1.165) is 0 Å². The lowest BCUT2D eigenvalue weighted by Crippen LogP contribution is -2.55.